The topological polar surface area (TPSA) is 97.2 Å². The van der Waals surface area contributed by atoms with Crippen molar-refractivity contribution in [2.24, 2.45) is 5.41 Å². The molecule has 3 rings (SSSR count). The van der Waals surface area contributed by atoms with Crippen molar-refractivity contribution < 1.29 is 10.2 Å². The maximum absolute atomic E-state index is 9.79. The average Bonchev–Trinajstić information content (AvgIpc) is 2.99. The fourth-order valence-corrected chi connectivity index (χ4v) is 3.68. The molecule has 25 heavy (non-hydrogen) atoms. The number of anilines is 1. The first-order valence-electron chi connectivity index (χ1n) is 9.41. The number of rotatable bonds is 7. The van der Waals surface area contributed by atoms with Crippen LogP contribution in [0.15, 0.2) is 0 Å². The Kier molecular flexibility index (Phi) is 5.29. The van der Waals surface area contributed by atoms with Crippen LogP contribution in [-0.2, 0) is 25.8 Å². The maximum atomic E-state index is 9.79. The summed E-state index contributed by atoms with van der Waals surface area (Å²) in [5.41, 5.74) is 9.84. The fourth-order valence-electron chi connectivity index (χ4n) is 3.68. The monoisotopic (exact) mass is 346 g/mol. The number of nitrogens with zero attached hydrogens (tertiary/aromatic N) is 3. The van der Waals surface area contributed by atoms with E-state index in [2.05, 4.69) is 16.5 Å². The Morgan fingerprint density at radius 2 is 1.88 bits per heavy atom. The van der Waals surface area contributed by atoms with E-state index in [-0.39, 0.29) is 13.2 Å². The third kappa shape index (κ3) is 3.37. The van der Waals surface area contributed by atoms with Crippen molar-refractivity contribution in [3.63, 3.8) is 0 Å². The van der Waals surface area contributed by atoms with E-state index < -0.39 is 5.41 Å². The van der Waals surface area contributed by atoms with Crippen LogP contribution in [0.3, 0.4) is 0 Å². The van der Waals surface area contributed by atoms with Crippen LogP contribution in [0.5, 0.6) is 0 Å². The third-order valence-corrected chi connectivity index (χ3v) is 5.33. The molecule has 0 amide bonds. The molecule has 0 aliphatic heterocycles. The highest BCUT2D eigenvalue weighted by Crippen LogP contribution is 2.33. The molecule has 6 heteroatoms. The van der Waals surface area contributed by atoms with Crippen molar-refractivity contribution >= 4 is 16.9 Å². The summed E-state index contributed by atoms with van der Waals surface area (Å²) in [4.78, 5) is 9.44. The van der Waals surface area contributed by atoms with Gasteiger partial charge in [-0.3, -0.25) is 0 Å². The molecule has 4 N–H and O–H groups in total. The minimum atomic E-state index is -0.589. The Hall–Kier alpha value is -1.66. The number of hydrogen-bond donors (Lipinski definition) is 3. The molecule has 0 saturated heterocycles. The van der Waals surface area contributed by atoms with Crippen LogP contribution in [0.2, 0.25) is 0 Å². The quantitative estimate of drug-likeness (QED) is 0.714. The number of imidazole rings is 1. The van der Waals surface area contributed by atoms with Gasteiger partial charge in [0, 0.05) is 24.1 Å². The Bertz CT molecular complexity index is 750. The molecule has 0 aromatic carbocycles. The third-order valence-electron chi connectivity index (χ3n) is 5.33. The van der Waals surface area contributed by atoms with Crippen molar-refractivity contribution in [3.8, 4) is 0 Å². The van der Waals surface area contributed by atoms with Crippen molar-refractivity contribution in [3.05, 3.63) is 17.1 Å². The average molecular weight is 346 g/mol. The Balaban J connectivity index is 2.20. The fraction of sp³-hybridized carbons (Fsp3) is 0.684. The van der Waals surface area contributed by atoms with Gasteiger partial charge in [0.1, 0.15) is 11.3 Å². The molecule has 6 nitrogen and oxygen atoms in total. The summed E-state index contributed by atoms with van der Waals surface area (Å²) in [5, 5.41) is 19.6. The zero-order valence-corrected chi connectivity index (χ0v) is 15.4. The summed E-state index contributed by atoms with van der Waals surface area (Å²) in [6, 6.07) is 0. The van der Waals surface area contributed by atoms with E-state index >= 15 is 0 Å². The summed E-state index contributed by atoms with van der Waals surface area (Å²) in [5.74, 6) is 1.49. The molecular weight excluding hydrogens is 316 g/mol. The normalized spacial score (nSPS) is 14.9. The lowest BCUT2D eigenvalue weighted by atomic mass is 9.91. The van der Waals surface area contributed by atoms with Crippen LogP contribution in [0.1, 0.15) is 56.6 Å². The smallest absolute Gasteiger partial charge is 0.151 e. The molecule has 138 valence electrons. The molecule has 1 aliphatic rings. The number of hydrogen-bond acceptors (Lipinski definition) is 5. The van der Waals surface area contributed by atoms with Crippen LogP contribution >= 0.6 is 0 Å². The van der Waals surface area contributed by atoms with Gasteiger partial charge in [-0.2, -0.15) is 0 Å². The predicted molar refractivity (Wildman–Crippen MR) is 99.5 cm³/mol. The van der Waals surface area contributed by atoms with Gasteiger partial charge in [0.05, 0.1) is 18.7 Å². The molecule has 0 fully saturated rings. The van der Waals surface area contributed by atoms with Gasteiger partial charge < -0.3 is 20.5 Å². The lowest BCUT2D eigenvalue weighted by Crippen LogP contribution is -2.32. The van der Waals surface area contributed by atoms with Crippen molar-refractivity contribution in [2.75, 3.05) is 18.9 Å². The molecule has 0 unspecified atom stereocenters. The van der Waals surface area contributed by atoms with Crippen molar-refractivity contribution in [1.82, 2.24) is 14.5 Å². The van der Waals surface area contributed by atoms with E-state index in [0.29, 0.717) is 12.4 Å². The first-order chi connectivity index (χ1) is 12.0. The van der Waals surface area contributed by atoms with Crippen LogP contribution in [0, 0.1) is 5.41 Å². The second-order valence-electron chi connectivity index (χ2n) is 7.67. The largest absolute Gasteiger partial charge is 0.396 e. The van der Waals surface area contributed by atoms with Gasteiger partial charge in [-0.1, -0.05) is 20.3 Å². The van der Waals surface area contributed by atoms with Gasteiger partial charge in [0.2, 0.25) is 0 Å². The van der Waals surface area contributed by atoms with Gasteiger partial charge >= 0.3 is 0 Å². The van der Waals surface area contributed by atoms with Gasteiger partial charge in [-0.05, 0) is 37.7 Å². The van der Waals surface area contributed by atoms with Crippen LogP contribution in [-0.4, -0.2) is 38.0 Å². The summed E-state index contributed by atoms with van der Waals surface area (Å²) in [7, 11) is 0. The van der Waals surface area contributed by atoms with Gasteiger partial charge in [-0.15, -0.1) is 0 Å². The minimum Gasteiger partial charge on any atom is -0.396 e. The van der Waals surface area contributed by atoms with E-state index in [1.807, 2.05) is 6.92 Å². The second-order valence-corrected chi connectivity index (χ2v) is 7.67. The van der Waals surface area contributed by atoms with Crippen LogP contribution in [0.4, 0.5) is 5.82 Å². The first kappa shape index (κ1) is 18.1. The number of pyridine rings is 1. The number of aryl methyl sites for hydroxylation is 3. The molecule has 1 aliphatic carbocycles. The zero-order valence-electron chi connectivity index (χ0n) is 15.4. The number of nitrogen functional groups attached to an aromatic ring is 1. The molecule has 0 saturated carbocycles. The van der Waals surface area contributed by atoms with Gasteiger partial charge in [0.25, 0.3) is 0 Å². The number of aromatic nitrogens is 3. The Labute approximate surface area is 149 Å². The summed E-state index contributed by atoms with van der Waals surface area (Å²) in [6.45, 7) is 4.46. The maximum Gasteiger partial charge on any atom is 0.151 e. The van der Waals surface area contributed by atoms with Crippen molar-refractivity contribution in [1.29, 1.82) is 0 Å². The van der Waals surface area contributed by atoms with E-state index in [1.54, 1.807) is 0 Å². The second kappa shape index (κ2) is 7.30. The highest BCUT2D eigenvalue weighted by Gasteiger charge is 2.28. The van der Waals surface area contributed by atoms with Crippen LogP contribution in [0.25, 0.3) is 11.0 Å². The number of unbranched alkanes of at least 4 members (excludes halogenated alkanes) is 1. The first-order valence-corrected chi connectivity index (χ1v) is 9.41. The summed E-state index contributed by atoms with van der Waals surface area (Å²) < 4.78 is 2.19. The molecule has 0 bridgehead atoms. The lowest BCUT2D eigenvalue weighted by Gasteiger charge is -2.27. The molecule has 0 atom stereocenters. The predicted octanol–water partition coefficient (Wildman–Crippen LogP) is 2.23. The van der Waals surface area contributed by atoms with Gasteiger partial charge in [-0.25, -0.2) is 9.97 Å². The highest BCUT2D eigenvalue weighted by atomic mass is 16.3. The SMILES string of the molecule is CCCCc1nc2c(N)nc3c(c2n1CC(C)(CO)CO)CCCC3. The summed E-state index contributed by atoms with van der Waals surface area (Å²) >= 11 is 0. The molecule has 2 aromatic heterocycles. The molecule has 0 radical (unpaired) electrons. The summed E-state index contributed by atoms with van der Waals surface area (Å²) in [6.07, 6.45) is 7.26. The van der Waals surface area contributed by atoms with Crippen molar-refractivity contribution in [2.45, 2.75) is 65.3 Å². The Morgan fingerprint density at radius 3 is 2.56 bits per heavy atom. The minimum absolute atomic E-state index is 0.0703. The van der Waals surface area contributed by atoms with E-state index in [9.17, 15) is 10.2 Å². The van der Waals surface area contributed by atoms with E-state index in [1.165, 1.54) is 5.56 Å². The highest BCUT2D eigenvalue weighted by molar-refractivity contribution is 5.89. The lowest BCUT2D eigenvalue weighted by molar-refractivity contribution is 0.0556. The number of nitrogens with two attached hydrogens (primary N) is 1. The number of aliphatic hydroxyl groups is 2. The van der Waals surface area contributed by atoms with E-state index in [4.69, 9.17) is 10.7 Å². The molecule has 2 heterocycles. The molecular formula is C19H30N4O2. The van der Waals surface area contributed by atoms with Gasteiger partial charge in [0.15, 0.2) is 5.82 Å². The molecule has 2 aromatic rings. The van der Waals surface area contributed by atoms with Crippen LogP contribution < -0.4 is 5.73 Å². The van der Waals surface area contributed by atoms with E-state index in [0.717, 1.165) is 67.5 Å². The number of aliphatic hydroxyl groups excluding tert-OH is 2. The standard InChI is InChI=1S/C19H30N4O2/c1-3-4-9-15-22-16-17(23(15)10-19(2,11-24)12-25)13-7-5-6-8-14(13)21-18(16)20/h24-25H,3-12H2,1-2H3,(H2,20,21). The number of fused-ring (bicyclic) bond motifs is 3. The Morgan fingerprint density at radius 1 is 1.16 bits per heavy atom. The molecule has 0 spiro atoms. The zero-order chi connectivity index (χ0) is 18.0.